The standard InChI is InChI=1S/C25H18Cl2FNO4S/c1-32-22-10-16(4-9-21(22)33-14-15-2-7-19(28)8-3-15)11-23-24(30)29(25(31)34-23)13-17-5-6-18(26)12-20(17)27/h2-12H,13-14H2,1H3/b23-11-. The lowest BCUT2D eigenvalue weighted by Gasteiger charge is -2.13. The average Bonchev–Trinajstić information content (AvgIpc) is 3.08. The van der Waals surface area contributed by atoms with Crippen LogP contribution in [0.5, 0.6) is 11.5 Å². The summed E-state index contributed by atoms with van der Waals surface area (Å²) in [6, 6.07) is 16.1. The zero-order chi connectivity index (χ0) is 24.2. The minimum absolute atomic E-state index is 0.0531. The number of thioether (sulfide) groups is 1. The molecule has 1 aliphatic heterocycles. The number of methoxy groups -OCH3 is 1. The van der Waals surface area contributed by atoms with Crippen molar-refractivity contribution in [3.05, 3.63) is 98.1 Å². The molecule has 34 heavy (non-hydrogen) atoms. The van der Waals surface area contributed by atoms with Crippen LogP contribution in [0.25, 0.3) is 6.08 Å². The highest BCUT2D eigenvalue weighted by Crippen LogP contribution is 2.36. The van der Waals surface area contributed by atoms with Crippen molar-refractivity contribution in [1.82, 2.24) is 4.90 Å². The Morgan fingerprint density at radius 2 is 1.76 bits per heavy atom. The van der Waals surface area contributed by atoms with E-state index in [1.165, 1.54) is 19.2 Å². The van der Waals surface area contributed by atoms with Crippen molar-refractivity contribution >= 4 is 52.2 Å². The number of halogens is 3. The van der Waals surface area contributed by atoms with Gasteiger partial charge in [0, 0.05) is 10.0 Å². The molecular weight excluding hydrogens is 500 g/mol. The normalized spacial score (nSPS) is 14.7. The smallest absolute Gasteiger partial charge is 0.293 e. The first-order chi connectivity index (χ1) is 16.3. The highest BCUT2D eigenvalue weighted by atomic mass is 35.5. The van der Waals surface area contributed by atoms with Gasteiger partial charge in [0.25, 0.3) is 11.1 Å². The Bertz CT molecular complexity index is 1280. The van der Waals surface area contributed by atoms with E-state index in [9.17, 15) is 14.0 Å². The molecule has 0 radical (unpaired) electrons. The summed E-state index contributed by atoms with van der Waals surface area (Å²) in [6.07, 6.45) is 1.63. The Balaban J connectivity index is 1.48. The van der Waals surface area contributed by atoms with Gasteiger partial charge in [-0.15, -0.1) is 0 Å². The summed E-state index contributed by atoms with van der Waals surface area (Å²) in [6.45, 7) is 0.291. The third-order valence-electron chi connectivity index (χ3n) is 5.01. The minimum atomic E-state index is -0.406. The van der Waals surface area contributed by atoms with E-state index in [-0.39, 0.29) is 29.1 Å². The number of hydrogen-bond acceptors (Lipinski definition) is 5. The molecule has 0 spiro atoms. The van der Waals surface area contributed by atoms with Gasteiger partial charge in [0.2, 0.25) is 0 Å². The predicted octanol–water partition coefficient (Wildman–Crippen LogP) is 6.96. The number of carbonyl (C=O) groups is 2. The maximum Gasteiger partial charge on any atom is 0.293 e. The Morgan fingerprint density at radius 1 is 1.00 bits per heavy atom. The summed E-state index contributed by atoms with van der Waals surface area (Å²) in [5, 5.41) is 0.479. The molecule has 3 aromatic rings. The van der Waals surface area contributed by atoms with Crippen LogP contribution < -0.4 is 9.47 Å². The van der Waals surface area contributed by atoms with Crippen LogP contribution in [0.15, 0.2) is 65.6 Å². The molecule has 1 saturated heterocycles. The van der Waals surface area contributed by atoms with Gasteiger partial charge in [-0.1, -0.05) is 47.5 Å². The van der Waals surface area contributed by atoms with E-state index in [4.69, 9.17) is 32.7 Å². The molecule has 174 valence electrons. The van der Waals surface area contributed by atoms with E-state index < -0.39 is 5.91 Å². The summed E-state index contributed by atoms with van der Waals surface area (Å²) in [7, 11) is 1.51. The van der Waals surface area contributed by atoms with Crippen LogP contribution in [0, 0.1) is 5.82 Å². The van der Waals surface area contributed by atoms with Crippen molar-refractivity contribution in [1.29, 1.82) is 0 Å². The van der Waals surface area contributed by atoms with E-state index in [2.05, 4.69) is 0 Å². The first-order valence-electron chi connectivity index (χ1n) is 10.1. The first kappa shape index (κ1) is 24.1. The Morgan fingerprint density at radius 3 is 2.47 bits per heavy atom. The SMILES string of the molecule is COc1cc(/C=C2\SC(=O)N(Cc3ccc(Cl)cc3Cl)C2=O)ccc1OCc1ccc(F)cc1. The monoisotopic (exact) mass is 517 g/mol. The Hall–Kier alpha value is -3.00. The number of hydrogen-bond donors (Lipinski definition) is 0. The maximum atomic E-state index is 13.1. The Labute approximate surface area is 210 Å². The van der Waals surface area contributed by atoms with Crippen molar-refractivity contribution in [2.75, 3.05) is 7.11 Å². The zero-order valence-electron chi connectivity index (χ0n) is 17.9. The van der Waals surface area contributed by atoms with Crippen molar-refractivity contribution in [3.8, 4) is 11.5 Å². The molecule has 0 bridgehead atoms. The molecule has 1 aliphatic rings. The van der Waals surface area contributed by atoms with Crippen LogP contribution in [0.4, 0.5) is 9.18 Å². The van der Waals surface area contributed by atoms with E-state index in [1.807, 2.05) is 0 Å². The average molecular weight is 518 g/mol. The topological polar surface area (TPSA) is 55.8 Å². The van der Waals surface area contributed by atoms with Crippen LogP contribution >= 0.6 is 35.0 Å². The third-order valence-corrected chi connectivity index (χ3v) is 6.50. The number of ether oxygens (including phenoxy) is 2. The molecule has 0 N–H and O–H groups in total. The van der Waals surface area contributed by atoms with E-state index in [0.717, 1.165) is 22.2 Å². The lowest BCUT2D eigenvalue weighted by Crippen LogP contribution is -2.27. The number of imide groups is 1. The van der Waals surface area contributed by atoms with Crippen LogP contribution in [-0.2, 0) is 17.9 Å². The fraction of sp³-hybridized carbons (Fsp3) is 0.120. The van der Waals surface area contributed by atoms with Crippen molar-refractivity contribution in [2.45, 2.75) is 13.2 Å². The van der Waals surface area contributed by atoms with Gasteiger partial charge < -0.3 is 9.47 Å². The van der Waals surface area contributed by atoms with Gasteiger partial charge in [-0.25, -0.2) is 4.39 Å². The molecular formula is C25H18Cl2FNO4S. The van der Waals surface area contributed by atoms with Crippen LogP contribution in [-0.4, -0.2) is 23.2 Å². The van der Waals surface area contributed by atoms with E-state index in [1.54, 1.807) is 54.6 Å². The second-order valence-corrected chi connectivity index (χ2v) is 9.17. The molecule has 1 fully saturated rings. The van der Waals surface area contributed by atoms with Crippen LogP contribution in [0.2, 0.25) is 10.0 Å². The number of nitrogens with zero attached hydrogens (tertiary/aromatic N) is 1. The van der Waals surface area contributed by atoms with Crippen LogP contribution in [0.3, 0.4) is 0 Å². The second kappa shape index (κ2) is 10.5. The van der Waals surface area contributed by atoms with Gasteiger partial charge in [-0.3, -0.25) is 14.5 Å². The predicted molar refractivity (Wildman–Crippen MR) is 132 cm³/mol. The summed E-state index contributed by atoms with van der Waals surface area (Å²) >= 11 is 13.0. The second-order valence-electron chi connectivity index (χ2n) is 7.33. The molecule has 1 heterocycles. The van der Waals surface area contributed by atoms with E-state index >= 15 is 0 Å². The van der Waals surface area contributed by atoms with E-state index in [0.29, 0.717) is 32.7 Å². The summed E-state index contributed by atoms with van der Waals surface area (Å²) in [5.41, 5.74) is 2.10. The van der Waals surface area contributed by atoms with Crippen LogP contribution in [0.1, 0.15) is 16.7 Å². The number of rotatable bonds is 7. The summed E-state index contributed by atoms with van der Waals surface area (Å²) < 4.78 is 24.3. The van der Waals surface area contributed by atoms with Gasteiger partial charge in [0.1, 0.15) is 12.4 Å². The Kier molecular flexibility index (Phi) is 7.46. The van der Waals surface area contributed by atoms with Gasteiger partial charge >= 0.3 is 0 Å². The molecule has 0 aliphatic carbocycles. The fourth-order valence-corrected chi connectivity index (χ4v) is 4.55. The summed E-state index contributed by atoms with van der Waals surface area (Å²) in [4.78, 5) is 26.8. The number of amides is 2. The fourth-order valence-electron chi connectivity index (χ4n) is 3.24. The highest BCUT2D eigenvalue weighted by molar-refractivity contribution is 8.18. The molecule has 2 amide bonds. The lowest BCUT2D eigenvalue weighted by molar-refractivity contribution is -0.123. The lowest BCUT2D eigenvalue weighted by atomic mass is 10.1. The van der Waals surface area contributed by atoms with Gasteiger partial charge in [0.05, 0.1) is 18.6 Å². The minimum Gasteiger partial charge on any atom is -0.493 e. The van der Waals surface area contributed by atoms with Crippen molar-refractivity contribution in [3.63, 3.8) is 0 Å². The highest BCUT2D eigenvalue weighted by Gasteiger charge is 2.35. The molecule has 9 heteroatoms. The molecule has 4 rings (SSSR count). The quantitative estimate of drug-likeness (QED) is 0.317. The largest absolute Gasteiger partial charge is 0.493 e. The molecule has 0 aromatic heterocycles. The van der Waals surface area contributed by atoms with Gasteiger partial charge in [0.15, 0.2) is 11.5 Å². The van der Waals surface area contributed by atoms with Gasteiger partial charge in [-0.05, 0) is 70.9 Å². The first-order valence-corrected chi connectivity index (χ1v) is 11.7. The number of carbonyl (C=O) groups excluding carboxylic acids is 2. The van der Waals surface area contributed by atoms with Gasteiger partial charge in [-0.2, -0.15) is 0 Å². The summed E-state index contributed by atoms with van der Waals surface area (Å²) in [5.74, 6) is 0.237. The molecule has 5 nitrogen and oxygen atoms in total. The van der Waals surface area contributed by atoms with Crippen molar-refractivity contribution < 1.29 is 23.5 Å². The maximum absolute atomic E-state index is 13.1. The third kappa shape index (κ3) is 5.55. The number of benzene rings is 3. The molecule has 0 unspecified atom stereocenters. The molecule has 0 saturated carbocycles. The molecule has 3 aromatic carbocycles. The van der Waals surface area contributed by atoms with Crippen molar-refractivity contribution in [2.24, 2.45) is 0 Å². The molecule has 0 atom stereocenters. The zero-order valence-corrected chi connectivity index (χ0v) is 20.2.